The van der Waals surface area contributed by atoms with E-state index in [4.69, 9.17) is 21.9 Å². The van der Waals surface area contributed by atoms with Crippen LogP contribution in [0.2, 0.25) is 0 Å². The summed E-state index contributed by atoms with van der Waals surface area (Å²) in [6.07, 6.45) is 0. The summed E-state index contributed by atoms with van der Waals surface area (Å²) in [7, 11) is 0. The maximum Gasteiger partial charge on any atom is 0.0636 e. The topological polar surface area (TPSA) is 0 Å². The van der Waals surface area contributed by atoms with Gasteiger partial charge in [0, 0.05) is 0 Å². The summed E-state index contributed by atoms with van der Waals surface area (Å²) in [4.78, 5) is 0. The summed E-state index contributed by atoms with van der Waals surface area (Å²) in [5.41, 5.74) is -4.78. The first-order valence-corrected chi connectivity index (χ1v) is 15.8. The smallest absolute Gasteiger partial charge is 0.0616 e. The molecule has 0 atom stereocenters. The Labute approximate surface area is 341 Å². The van der Waals surface area contributed by atoms with Crippen LogP contribution in [-0.4, -0.2) is 0 Å². The Morgan fingerprint density at radius 3 is 1.40 bits per heavy atom. The van der Waals surface area contributed by atoms with E-state index in [9.17, 15) is 17.8 Å². The third-order valence-corrected chi connectivity index (χ3v) is 9.34. The molecule has 0 heteroatoms. The van der Waals surface area contributed by atoms with E-state index in [2.05, 4.69) is 0 Å². The molecule has 0 bridgehead atoms. The van der Waals surface area contributed by atoms with Crippen LogP contribution in [0.5, 0.6) is 0 Å². The fourth-order valence-corrected chi connectivity index (χ4v) is 7.09. The molecule has 0 amide bonds. The van der Waals surface area contributed by atoms with Crippen molar-refractivity contribution in [1.82, 2.24) is 0 Å². The lowest BCUT2D eigenvalue weighted by atomic mass is 9.84. The first-order valence-electron chi connectivity index (χ1n) is 30.3. The van der Waals surface area contributed by atoms with Gasteiger partial charge >= 0.3 is 0 Å². The first kappa shape index (κ1) is 12.2. The van der Waals surface area contributed by atoms with Gasteiger partial charge in [-0.25, -0.2) is 0 Å². The molecule has 12 rings (SSSR count). The van der Waals surface area contributed by atoms with Gasteiger partial charge < -0.3 is 0 Å². The van der Waals surface area contributed by atoms with E-state index in [1.54, 1.807) is 0 Å². The summed E-state index contributed by atoms with van der Waals surface area (Å²) < 4.78 is 269. The molecule has 0 saturated heterocycles. The van der Waals surface area contributed by atoms with Crippen LogP contribution >= 0.6 is 0 Å². The zero-order valence-corrected chi connectivity index (χ0v) is 26.1. The van der Waals surface area contributed by atoms with Gasteiger partial charge in [0.15, 0.2) is 0 Å². The van der Waals surface area contributed by atoms with Crippen molar-refractivity contribution in [2.75, 3.05) is 0 Å². The van der Waals surface area contributed by atoms with Crippen molar-refractivity contribution in [2.45, 2.75) is 0 Å². The van der Waals surface area contributed by atoms with Gasteiger partial charge in [-0.05, 0) is 144 Å². The zero-order valence-electron chi connectivity index (χ0n) is 55.1. The average Bonchev–Trinajstić information content (AvgIpc) is 2.64. The average molecular weight is 684 g/mol. The minimum absolute atomic E-state index is 0.256. The molecule has 12 aromatic rings. The highest BCUT2D eigenvalue weighted by molar-refractivity contribution is 6.27. The molecule has 0 radical (unpaired) electrons. The highest BCUT2D eigenvalue weighted by Gasteiger charge is 2.19. The third kappa shape index (κ3) is 3.87. The van der Waals surface area contributed by atoms with Crippen LogP contribution in [0.25, 0.3) is 120 Å². The molecule has 0 N–H and O–H groups in total. The van der Waals surface area contributed by atoms with Crippen LogP contribution < -0.4 is 0 Å². The summed E-state index contributed by atoms with van der Waals surface area (Å²) >= 11 is 0. The second-order valence-electron chi connectivity index (χ2n) is 12.1. The van der Waals surface area contributed by atoms with E-state index >= 15 is 0 Å². The fourth-order valence-electron chi connectivity index (χ4n) is 7.09. The summed E-state index contributed by atoms with van der Waals surface area (Å²) in [6, 6.07) is -24.0. The standard InChI is InChI=1S/C52H30/c1-2-8-38-29-48(43-24-20-36-18-16-32-11-6-13-34-22-26-45(43)52(36)50(32)34)46(28-37(38)7-1)40-27-39-9-3-4-14-41(39)47(30-40)42-23-19-35-17-15-31-10-5-12-33-21-25-44(42)51(35)49(31)33/h1-30H/i1D,2D,3D,4D,5D,6D,7D,8D,9D,10D,11D,12D,13D,14D,15D,16D,17D,18D,19D,20D,21D,22D,23D,24D,25D,27D,28D,29D,30D. The molecule has 238 valence electrons. The largest absolute Gasteiger partial charge is 0.0636 e. The molecule has 0 saturated carbocycles. The SMILES string of the molecule is [2H]c1c([2H])c([2H])c2c([2H])c(-c3c([2H])c([2H])c4c([2H])c([2H])c5c([2H])c([2H])c([2H])c6c([2H])cc3c4c65)c(-c3c([2H])c(-c4c([2H])c([2H])c5c([2H])c([2H])c6c([2H])c([2H])c([2H])c7c([2H])c([2H])c4c5c67)c4c([2H])c([2H])c([2H])c([2H])c4c3[2H])c([2H])c2c1[2H]. The Morgan fingerprint density at radius 1 is 0.250 bits per heavy atom. The lowest BCUT2D eigenvalue weighted by molar-refractivity contribution is 1.64. The molecule has 0 aromatic heterocycles. The van der Waals surface area contributed by atoms with Gasteiger partial charge in [-0.3, -0.25) is 0 Å². The van der Waals surface area contributed by atoms with Crippen molar-refractivity contribution < 1.29 is 39.8 Å². The maximum absolute atomic E-state index is 10.4. The van der Waals surface area contributed by atoms with Crippen LogP contribution in [0.1, 0.15) is 39.8 Å². The normalized spacial score (nSPS) is 20.0. The quantitative estimate of drug-likeness (QED) is 0.163. The Kier molecular flexibility index (Phi) is 2.43. The van der Waals surface area contributed by atoms with E-state index in [1.165, 1.54) is 0 Å². The molecule has 0 heterocycles. The van der Waals surface area contributed by atoms with Gasteiger partial charge in [-0.1, -0.05) is 157 Å². The van der Waals surface area contributed by atoms with E-state index in [1.807, 2.05) is 0 Å². The van der Waals surface area contributed by atoms with Crippen molar-refractivity contribution >= 4 is 86.2 Å². The first-order chi connectivity index (χ1) is 37.9. The number of hydrogen-bond donors (Lipinski definition) is 0. The molecule has 0 aliphatic carbocycles. The number of benzene rings is 12. The van der Waals surface area contributed by atoms with Crippen LogP contribution in [0.15, 0.2) is 181 Å². The van der Waals surface area contributed by atoms with Gasteiger partial charge in [0.25, 0.3) is 0 Å². The molecule has 52 heavy (non-hydrogen) atoms. The van der Waals surface area contributed by atoms with Crippen LogP contribution in [0.4, 0.5) is 0 Å². The zero-order chi connectivity index (χ0) is 59.2. The second kappa shape index (κ2) is 10.4. The van der Waals surface area contributed by atoms with E-state index in [-0.39, 0.29) is 26.9 Å². The van der Waals surface area contributed by atoms with Gasteiger partial charge in [0.05, 0.1) is 39.8 Å². The van der Waals surface area contributed by atoms with Crippen LogP contribution in [-0.2, 0) is 0 Å². The Morgan fingerprint density at radius 2 is 0.731 bits per heavy atom. The van der Waals surface area contributed by atoms with Gasteiger partial charge in [-0.2, -0.15) is 0 Å². The summed E-state index contributed by atoms with van der Waals surface area (Å²) in [5, 5.41) is -7.72. The second-order valence-corrected chi connectivity index (χ2v) is 12.1. The van der Waals surface area contributed by atoms with Crippen molar-refractivity contribution in [3.63, 3.8) is 0 Å². The minimum Gasteiger partial charge on any atom is -0.0616 e. The lowest BCUT2D eigenvalue weighted by Gasteiger charge is -2.19. The third-order valence-electron chi connectivity index (χ3n) is 9.34. The Hall–Kier alpha value is -6.76. The van der Waals surface area contributed by atoms with Gasteiger partial charge in [0.2, 0.25) is 0 Å². The molecular weight excluding hydrogens is 625 g/mol. The Bertz CT molecular complexity index is 5060. The minimum atomic E-state index is -1.10. The molecule has 0 aliphatic heterocycles. The maximum atomic E-state index is 10.4. The highest BCUT2D eigenvalue weighted by Crippen LogP contribution is 2.46. The molecule has 0 spiro atoms. The summed E-state index contributed by atoms with van der Waals surface area (Å²) in [5.74, 6) is 0. The fraction of sp³-hybridized carbons (Fsp3) is 0. The predicted octanol–water partition coefficient (Wildman–Crippen LogP) is 14.8. The van der Waals surface area contributed by atoms with Crippen molar-refractivity contribution in [1.29, 1.82) is 0 Å². The number of fused-ring (bicyclic) bond motifs is 2. The van der Waals surface area contributed by atoms with E-state index < -0.39 is 268 Å². The number of rotatable bonds is 3. The van der Waals surface area contributed by atoms with Crippen molar-refractivity contribution in [2.24, 2.45) is 0 Å². The molecule has 0 nitrogen and oxygen atoms in total. The van der Waals surface area contributed by atoms with E-state index in [0.717, 1.165) is 6.07 Å². The molecular formula is C52H30. The highest BCUT2D eigenvalue weighted by atomic mass is 14.2. The van der Waals surface area contributed by atoms with Crippen molar-refractivity contribution in [3.8, 4) is 33.4 Å². The van der Waals surface area contributed by atoms with Crippen LogP contribution in [0.3, 0.4) is 0 Å². The molecule has 0 aliphatic rings. The lowest BCUT2D eigenvalue weighted by Crippen LogP contribution is -1.92. The van der Waals surface area contributed by atoms with Gasteiger partial charge in [0.1, 0.15) is 0 Å². The number of hydrogen-bond acceptors (Lipinski definition) is 0. The molecule has 0 unspecified atom stereocenters. The predicted molar refractivity (Wildman–Crippen MR) is 225 cm³/mol. The van der Waals surface area contributed by atoms with E-state index in [0.29, 0.717) is 0 Å². The van der Waals surface area contributed by atoms with Gasteiger partial charge in [-0.15, -0.1) is 0 Å². The van der Waals surface area contributed by atoms with Crippen molar-refractivity contribution in [3.05, 3.63) is 181 Å². The monoisotopic (exact) mass is 683 g/mol. The molecule has 0 fully saturated rings. The van der Waals surface area contributed by atoms with Crippen LogP contribution in [0, 0.1) is 0 Å². The Balaban J connectivity index is 1.40. The molecule has 12 aromatic carbocycles. The summed E-state index contributed by atoms with van der Waals surface area (Å²) in [6.45, 7) is 0.